The van der Waals surface area contributed by atoms with Crippen molar-refractivity contribution in [2.24, 2.45) is 0 Å². The minimum Gasteiger partial charge on any atom is -0.474 e. The first-order valence-corrected chi connectivity index (χ1v) is 11.1. The summed E-state index contributed by atoms with van der Waals surface area (Å²) in [6, 6.07) is 6.42. The van der Waals surface area contributed by atoms with Crippen LogP contribution in [0.5, 0.6) is 5.88 Å². The average Bonchev–Trinajstić information content (AvgIpc) is 2.74. The molecule has 3 rings (SSSR count). The highest BCUT2D eigenvalue weighted by Gasteiger charge is 2.33. The Balaban J connectivity index is 1.57. The molecule has 1 N–H and O–H groups in total. The van der Waals surface area contributed by atoms with Gasteiger partial charge < -0.3 is 10.1 Å². The summed E-state index contributed by atoms with van der Waals surface area (Å²) in [7, 11) is -4.94. The summed E-state index contributed by atoms with van der Waals surface area (Å²) >= 11 is 0. The quantitative estimate of drug-likeness (QED) is 0.629. The zero-order valence-electron chi connectivity index (χ0n) is 16.5. The highest BCUT2D eigenvalue weighted by Crippen LogP contribution is 2.30. The van der Waals surface area contributed by atoms with E-state index in [-0.39, 0.29) is 23.6 Å². The van der Waals surface area contributed by atoms with Crippen molar-refractivity contribution in [3.8, 4) is 5.88 Å². The van der Waals surface area contributed by atoms with Gasteiger partial charge in [0.25, 0.3) is 5.91 Å². The second-order valence-corrected chi connectivity index (χ2v) is 9.14. The second kappa shape index (κ2) is 9.39. The van der Waals surface area contributed by atoms with Crippen LogP contribution in [0.3, 0.4) is 0 Å². The number of hydrogen-bond donors (Lipinski definition) is 1. The lowest BCUT2D eigenvalue weighted by Gasteiger charge is -2.29. The van der Waals surface area contributed by atoms with Gasteiger partial charge in [-0.05, 0) is 43.9 Å². The molecule has 1 aliphatic rings. The van der Waals surface area contributed by atoms with E-state index in [1.165, 1.54) is 12.1 Å². The van der Waals surface area contributed by atoms with Gasteiger partial charge >= 0.3 is 11.9 Å². The Labute approximate surface area is 180 Å². The number of aromatic nitrogens is 1. The van der Waals surface area contributed by atoms with Crippen molar-refractivity contribution in [1.29, 1.82) is 0 Å². The zero-order chi connectivity index (χ0) is 23.5. The first-order chi connectivity index (χ1) is 15.0. The van der Waals surface area contributed by atoms with Gasteiger partial charge in [-0.3, -0.25) is 4.79 Å². The molecule has 0 spiro atoms. The van der Waals surface area contributed by atoms with Crippen LogP contribution in [-0.4, -0.2) is 37.2 Å². The molecule has 1 amide bonds. The van der Waals surface area contributed by atoms with Gasteiger partial charge in [-0.1, -0.05) is 12.1 Å². The Morgan fingerprint density at radius 1 is 1.06 bits per heavy atom. The third-order valence-corrected chi connectivity index (χ3v) is 6.47. The van der Waals surface area contributed by atoms with E-state index in [9.17, 15) is 35.2 Å². The number of pyridine rings is 1. The molecule has 32 heavy (non-hydrogen) atoms. The Bertz CT molecular complexity index is 1050. The summed E-state index contributed by atoms with van der Waals surface area (Å²) in [6.45, 7) is 0. The number of nitrogens with zero attached hydrogens (tertiary/aromatic N) is 1. The van der Waals surface area contributed by atoms with E-state index in [1.54, 1.807) is 0 Å². The maximum Gasteiger partial charge on any atom is 0.417 e. The van der Waals surface area contributed by atoms with Gasteiger partial charge in [0, 0.05) is 18.3 Å². The third-order valence-electron chi connectivity index (χ3n) is 5.03. The van der Waals surface area contributed by atoms with Gasteiger partial charge in [-0.15, -0.1) is 0 Å². The molecule has 0 bridgehead atoms. The van der Waals surface area contributed by atoms with E-state index >= 15 is 0 Å². The summed E-state index contributed by atoms with van der Waals surface area (Å²) in [5, 5.41) is 2.65. The molecular formula is C20H19F5N2O4S. The minimum absolute atomic E-state index is 0.0524. The fraction of sp³-hybridized carbons (Fsp3) is 0.400. The molecule has 0 radical (unpaired) electrons. The number of amides is 1. The Kier molecular flexibility index (Phi) is 7.01. The number of carbonyl (C=O) groups excluding carboxylic acids is 1. The summed E-state index contributed by atoms with van der Waals surface area (Å²) in [5.41, 5.74) is -1.24. The molecule has 2 aromatic rings. The number of carbonyl (C=O) groups is 1. The predicted octanol–water partition coefficient (Wildman–Crippen LogP) is 4.22. The van der Waals surface area contributed by atoms with E-state index in [0.29, 0.717) is 31.9 Å². The molecule has 1 aromatic heterocycles. The van der Waals surface area contributed by atoms with E-state index in [4.69, 9.17) is 4.74 Å². The largest absolute Gasteiger partial charge is 0.474 e. The first kappa shape index (κ1) is 23.9. The fourth-order valence-electron chi connectivity index (χ4n) is 3.37. The number of alkyl halides is 5. The monoisotopic (exact) mass is 478 g/mol. The van der Waals surface area contributed by atoms with Crippen molar-refractivity contribution in [2.75, 3.05) is 0 Å². The van der Waals surface area contributed by atoms with E-state index in [0.717, 1.165) is 24.3 Å². The molecular weight excluding hydrogens is 459 g/mol. The van der Waals surface area contributed by atoms with Crippen LogP contribution in [-0.2, 0) is 16.0 Å². The van der Waals surface area contributed by atoms with Crippen molar-refractivity contribution in [3.05, 3.63) is 53.7 Å². The fourth-order valence-corrected chi connectivity index (χ4v) is 4.30. The minimum atomic E-state index is -4.94. The number of ether oxygens (including phenoxy) is 1. The lowest BCUT2D eigenvalue weighted by Crippen LogP contribution is -2.40. The van der Waals surface area contributed by atoms with Crippen LogP contribution < -0.4 is 10.1 Å². The maximum absolute atomic E-state index is 12.9. The van der Waals surface area contributed by atoms with Crippen molar-refractivity contribution >= 4 is 15.7 Å². The van der Waals surface area contributed by atoms with Crippen LogP contribution >= 0.6 is 0 Å². The Morgan fingerprint density at radius 3 is 2.28 bits per heavy atom. The van der Waals surface area contributed by atoms with Crippen LogP contribution in [0.15, 0.2) is 47.5 Å². The molecule has 1 aliphatic carbocycles. The molecule has 0 unspecified atom stereocenters. The van der Waals surface area contributed by atoms with Crippen molar-refractivity contribution in [2.45, 2.75) is 54.7 Å². The van der Waals surface area contributed by atoms with Gasteiger partial charge in [-0.25, -0.2) is 13.4 Å². The molecule has 174 valence electrons. The molecule has 1 aromatic carbocycles. The van der Waals surface area contributed by atoms with Crippen LogP contribution in [0.4, 0.5) is 22.0 Å². The molecule has 0 atom stereocenters. The van der Waals surface area contributed by atoms with E-state index < -0.39 is 38.1 Å². The van der Waals surface area contributed by atoms with Crippen LogP contribution in [0.25, 0.3) is 0 Å². The molecule has 12 heteroatoms. The zero-order valence-corrected chi connectivity index (χ0v) is 17.3. The maximum atomic E-state index is 12.9. The van der Waals surface area contributed by atoms with Crippen LogP contribution in [0.2, 0.25) is 0 Å². The Morgan fingerprint density at radius 2 is 1.72 bits per heavy atom. The summed E-state index contributed by atoms with van der Waals surface area (Å²) in [6.07, 6.45) is -2.31. The van der Waals surface area contributed by atoms with E-state index in [2.05, 4.69) is 10.3 Å². The van der Waals surface area contributed by atoms with Crippen molar-refractivity contribution in [3.63, 3.8) is 0 Å². The normalized spacial score (nSPS) is 19.6. The third kappa shape index (κ3) is 5.53. The van der Waals surface area contributed by atoms with Gasteiger partial charge in [0.2, 0.25) is 15.7 Å². The number of benzene rings is 1. The van der Waals surface area contributed by atoms with Crippen molar-refractivity contribution in [1.82, 2.24) is 10.3 Å². The molecule has 0 aliphatic heterocycles. The van der Waals surface area contributed by atoms with Gasteiger partial charge in [0.1, 0.15) is 6.10 Å². The van der Waals surface area contributed by atoms with Gasteiger partial charge in [0.05, 0.1) is 16.0 Å². The summed E-state index contributed by atoms with van der Waals surface area (Å²) < 4.78 is 92.8. The smallest absolute Gasteiger partial charge is 0.417 e. The van der Waals surface area contributed by atoms with E-state index in [1.807, 2.05) is 0 Å². The number of nitrogens with one attached hydrogen (secondary N) is 1. The molecule has 6 nitrogen and oxygen atoms in total. The average molecular weight is 478 g/mol. The number of sulfone groups is 1. The molecule has 1 heterocycles. The number of hydrogen-bond acceptors (Lipinski definition) is 5. The first-order valence-electron chi connectivity index (χ1n) is 9.60. The molecule has 1 saturated carbocycles. The highest BCUT2D eigenvalue weighted by molar-refractivity contribution is 7.91. The summed E-state index contributed by atoms with van der Waals surface area (Å²) in [4.78, 5) is 15.5. The molecule has 0 saturated heterocycles. The highest BCUT2D eigenvalue weighted by atomic mass is 32.2. The standard InChI is InChI=1S/C20H19F5N2O4S/c21-19(22)32(29,30)16-4-2-1-3-15(16)18(28)27-13-6-8-14(9-7-13)31-17-10-5-12(11-26-17)20(23,24)25/h1-5,10-11,13-14,19H,6-9H2,(H,27,28). The van der Waals surface area contributed by atoms with Gasteiger partial charge in [0.15, 0.2) is 0 Å². The lowest BCUT2D eigenvalue weighted by atomic mass is 9.92. The predicted molar refractivity (Wildman–Crippen MR) is 103 cm³/mol. The lowest BCUT2D eigenvalue weighted by molar-refractivity contribution is -0.137. The van der Waals surface area contributed by atoms with Crippen LogP contribution in [0.1, 0.15) is 41.6 Å². The number of rotatable bonds is 6. The topological polar surface area (TPSA) is 85.4 Å². The number of halogens is 5. The van der Waals surface area contributed by atoms with Crippen LogP contribution in [0, 0.1) is 0 Å². The molecule has 1 fully saturated rings. The second-order valence-electron chi connectivity index (χ2n) is 7.25. The Hall–Kier alpha value is -2.76. The van der Waals surface area contributed by atoms with Gasteiger partial charge in [-0.2, -0.15) is 22.0 Å². The van der Waals surface area contributed by atoms with Crippen molar-refractivity contribution < 1.29 is 39.9 Å². The SMILES string of the molecule is O=C(NC1CCC(Oc2ccc(C(F)(F)F)cn2)CC1)c1ccccc1S(=O)(=O)C(F)F. The summed E-state index contributed by atoms with van der Waals surface area (Å²) in [5.74, 6) is -4.38.